The maximum atomic E-state index is 13.3. The highest BCUT2D eigenvalue weighted by Gasteiger charge is 2.12. The van der Waals surface area contributed by atoms with Gasteiger partial charge >= 0.3 is 0 Å². The lowest BCUT2D eigenvalue weighted by molar-refractivity contribution is 0.280. The van der Waals surface area contributed by atoms with Crippen molar-refractivity contribution in [2.45, 2.75) is 19.3 Å². The Bertz CT molecular complexity index is 616. The summed E-state index contributed by atoms with van der Waals surface area (Å²) < 4.78 is 24.4. The van der Waals surface area contributed by atoms with Crippen LogP contribution in [-0.4, -0.2) is 20.3 Å². The van der Waals surface area contributed by atoms with E-state index in [9.17, 15) is 4.39 Å². The number of benzene rings is 2. The second kappa shape index (κ2) is 7.80. The third-order valence-electron chi connectivity index (χ3n) is 3.65. The van der Waals surface area contributed by atoms with Crippen LogP contribution in [0.15, 0.2) is 42.5 Å². The molecule has 118 valence electrons. The van der Waals surface area contributed by atoms with Crippen LogP contribution in [-0.2, 0) is 0 Å². The molecule has 0 amide bonds. The molecular weight excluding hydrogens is 281 g/mol. The largest absolute Gasteiger partial charge is 0.493 e. The second-order valence-electron chi connectivity index (χ2n) is 5.28. The minimum absolute atomic E-state index is 0.0761. The molecule has 1 unspecified atom stereocenters. The van der Waals surface area contributed by atoms with Gasteiger partial charge in [0.25, 0.3) is 0 Å². The molecule has 0 saturated heterocycles. The van der Waals surface area contributed by atoms with Crippen LogP contribution in [0, 0.1) is 12.7 Å². The van der Waals surface area contributed by atoms with Gasteiger partial charge in [0, 0.05) is 0 Å². The van der Waals surface area contributed by atoms with Crippen molar-refractivity contribution in [2.24, 2.45) is 5.73 Å². The Hall–Kier alpha value is -2.07. The molecule has 0 aromatic heterocycles. The smallest absolute Gasteiger partial charge is 0.161 e. The summed E-state index contributed by atoms with van der Waals surface area (Å²) >= 11 is 0. The van der Waals surface area contributed by atoms with Crippen molar-refractivity contribution in [3.8, 4) is 11.5 Å². The van der Waals surface area contributed by atoms with Crippen LogP contribution in [0.2, 0.25) is 0 Å². The van der Waals surface area contributed by atoms with E-state index in [4.69, 9.17) is 15.2 Å². The molecular formula is C18H22FNO2. The van der Waals surface area contributed by atoms with Gasteiger partial charge in [-0.05, 0) is 61.2 Å². The first kappa shape index (κ1) is 16.3. The van der Waals surface area contributed by atoms with Crippen molar-refractivity contribution in [1.82, 2.24) is 0 Å². The third-order valence-corrected chi connectivity index (χ3v) is 3.65. The Kier molecular flexibility index (Phi) is 5.78. The van der Waals surface area contributed by atoms with Crippen molar-refractivity contribution < 1.29 is 13.9 Å². The average Bonchev–Trinajstić information content (AvgIpc) is 2.52. The molecule has 0 radical (unpaired) electrons. The van der Waals surface area contributed by atoms with E-state index in [1.807, 2.05) is 31.2 Å². The van der Waals surface area contributed by atoms with Gasteiger partial charge in [0.05, 0.1) is 13.7 Å². The highest BCUT2D eigenvalue weighted by atomic mass is 19.1. The number of nitrogens with two attached hydrogens (primary N) is 1. The van der Waals surface area contributed by atoms with Gasteiger partial charge in [0.15, 0.2) is 11.5 Å². The third kappa shape index (κ3) is 4.21. The topological polar surface area (TPSA) is 44.5 Å². The Labute approximate surface area is 130 Å². The molecule has 0 aliphatic rings. The zero-order chi connectivity index (χ0) is 15.9. The van der Waals surface area contributed by atoms with E-state index in [0.717, 1.165) is 23.3 Å². The van der Waals surface area contributed by atoms with Gasteiger partial charge in [-0.25, -0.2) is 4.39 Å². The lowest BCUT2D eigenvalue weighted by Gasteiger charge is -2.17. The maximum Gasteiger partial charge on any atom is 0.161 e. The molecule has 0 spiro atoms. The van der Waals surface area contributed by atoms with Crippen LogP contribution in [0.3, 0.4) is 0 Å². The molecule has 0 heterocycles. The van der Waals surface area contributed by atoms with E-state index in [-0.39, 0.29) is 11.7 Å². The molecule has 0 aliphatic carbocycles. The summed E-state index contributed by atoms with van der Waals surface area (Å²) in [5.41, 5.74) is 7.83. The summed E-state index contributed by atoms with van der Waals surface area (Å²) in [7, 11) is 1.62. The normalized spacial score (nSPS) is 12.0. The van der Waals surface area contributed by atoms with Gasteiger partial charge < -0.3 is 15.2 Å². The lowest BCUT2D eigenvalue weighted by Crippen LogP contribution is -2.16. The Morgan fingerprint density at radius 2 is 1.95 bits per heavy atom. The molecule has 0 fully saturated rings. The average molecular weight is 303 g/mol. The monoisotopic (exact) mass is 303 g/mol. The predicted octanol–water partition coefficient (Wildman–Crippen LogP) is 3.65. The van der Waals surface area contributed by atoms with Crippen LogP contribution in [0.4, 0.5) is 4.39 Å². The first-order valence-electron chi connectivity index (χ1n) is 7.37. The van der Waals surface area contributed by atoms with Gasteiger partial charge in [0.2, 0.25) is 0 Å². The van der Waals surface area contributed by atoms with Crippen LogP contribution in [0.1, 0.15) is 23.5 Å². The van der Waals surface area contributed by atoms with Gasteiger partial charge in [-0.2, -0.15) is 0 Å². The molecule has 2 aromatic rings. The molecule has 22 heavy (non-hydrogen) atoms. The number of hydrogen-bond donors (Lipinski definition) is 1. The first-order chi connectivity index (χ1) is 10.6. The quantitative estimate of drug-likeness (QED) is 0.849. The van der Waals surface area contributed by atoms with E-state index >= 15 is 0 Å². The van der Waals surface area contributed by atoms with Crippen LogP contribution in [0.5, 0.6) is 11.5 Å². The van der Waals surface area contributed by atoms with E-state index < -0.39 is 0 Å². The number of ether oxygens (including phenoxy) is 2. The molecule has 3 nitrogen and oxygen atoms in total. The van der Waals surface area contributed by atoms with Crippen LogP contribution in [0.25, 0.3) is 0 Å². The summed E-state index contributed by atoms with van der Waals surface area (Å²) in [4.78, 5) is 0. The molecule has 0 bridgehead atoms. The minimum atomic E-state index is -0.239. The molecule has 1 atom stereocenters. The van der Waals surface area contributed by atoms with Crippen molar-refractivity contribution in [2.75, 3.05) is 20.3 Å². The molecule has 0 aliphatic heterocycles. The summed E-state index contributed by atoms with van der Waals surface area (Å²) in [6.45, 7) is 2.95. The van der Waals surface area contributed by atoms with Crippen LogP contribution >= 0.6 is 0 Å². The maximum absolute atomic E-state index is 13.3. The van der Waals surface area contributed by atoms with Crippen molar-refractivity contribution in [3.05, 3.63) is 59.4 Å². The zero-order valence-electron chi connectivity index (χ0n) is 13.0. The molecule has 4 heteroatoms. The fourth-order valence-electron chi connectivity index (χ4n) is 2.39. The van der Waals surface area contributed by atoms with E-state index in [1.54, 1.807) is 13.2 Å². The van der Waals surface area contributed by atoms with E-state index in [2.05, 4.69) is 0 Å². The molecule has 2 aromatic carbocycles. The summed E-state index contributed by atoms with van der Waals surface area (Å²) in [6.07, 6.45) is 0.719. The Balaban J connectivity index is 1.97. The first-order valence-corrected chi connectivity index (χ1v) is 7.37. The Morgan fingerprint density at radius 3 is 2.64 bits per heavy atom. The predicted molar refractivity (Wildman–Crippen MR) is 86.0 cm³/mol. The van der Waals surface area contributed by atoms with E-state index in [1.165, 1.54) is 12.1 Å². The van der Waals surface area contributed by atoms with Gasteiger partial charge in [-0.15, -0.1) is 0 Å². The number of methoxy groups -OCH3 is 1. The number of halogens is 1. The van der Waals surface area contributed by atoms with Crippen molar-refractivity contribution in [1.29, 1.82) is 0 Å². The second-order valence-corrected chi connectivity index (χ2v) is 5.28. The fourth-order valence-corrected chi connectivity index (χ4v) is 2.39. The minimum Gasteiger partial charge on any atom is -0.493 e. The summed E-state index contributed by atoms with van der Waals surface area (Å²) in [5, 5.41) is 0. The van der Waals surface area contributed by atoms with Gasteiger partial charge in [0.1, 0.15) is 5.82 Å². The summed E-state index contributed by atoms with van der Waals surface area (Å²) in [6, 6.07) is 12.4. The standard InChI is InChI=1S/C18H22FNO2/c1-13-6-7-17(18(10-13)21-2)22-9-8-15(12-20)14-4-3-5-16(19)11-14/h3-7,10-11,15H,8-9,12,20H2,1-2H3. The van der Waals surface area contributed by atoms with Crippen molar-refractivity contribution in [3.63, 3.8) is 0 Å². The van der Waals surface area contributed by atoms with Crippen LogP contribution < -0.4 is 15.2 Å². The van der Waals surface area contributed by atoms with Crippen molar-refractivity contribution >= 4 is 0 Å². The number of hydrogen-bond acceptors (Lipinski definition) is 3. The zero-order valence-corrected chi connectivity index (χ0v) is 13.0. The fraction of sp³-hybridized carbons (Fsp3) is 0.333. The highest BCUT2D eigenvalue weighted by Crippen LogP contribution is 2.28. The SMILES string of the molecule is COc1cc(C)ccc1OCCC(CN)c1cccc(F)c1. The number of rotatable bonds is 7. The molecule has 2 rings (SSSR count). The number of aryl methyl sites for hydroxylation is 1. The Morgan fingerprint density at radius 1 is 1.14 bits per heavy atom. The van der Waals surface area contributed by atoms with E-state index in [0.29, 0.717) is 18.9 Å². The van der Waals surface area contributed by atoms with Gasteiger partial charge in [-0.3, -0.25) is 0 Å². The molecule has 2 N–H and O–H groups in total. The molecule has 0 saturated carbocycles. The van der Waals surface area contributed by atoms with Gasteiger partial charge in [-0.1, -0.05) is 18.2 Å². The lowest BCUT2D eigenvalue weighted by atomic mass is 9.96. The highest BCUT2D eigenvalue weighted by molar-refractivity contribution is 5.42. The summed E-state index contributed by atoms with van der Waals surface area (Å²) in [5.74, 6) is 1.27.